The zero-order chi connectivity index (χ0) is 13.3. The van der Waals surface area contributed by atoms with Gasteiger partial charge in [0, 0.05) is 17.1 Å². The average Bonchev–Trinajstić information content (AvgIpc) is 3.11. The molecule has 1 N–H and O–H groups in total. The summed E-state index contributed by atoms with van der Waals surface area (Å²) in [4.78, 5) is 0. The molecule has 104 valence electrons. The van der Waals surface area contributed by atoms with Crippen LogP contribution in [-0.4, -0.2) is 12.6 Å². The van der Waals surface area contributed by atoms with Crippen LogP contribution in [-0.2, 0) is 6.42 Å². The zero-order valence-electron chi connectivity index (χ0n) is 11.2. The first kappa shape index (κ1) is 13.6. The largest absolute Gasteiger partial charge is 0.313 e. The van der Waals surface area contributed by atoms with Crippen LogP contribution in [0, 0.1) is 11.2 Å². The van der Waals surface area contributed by atoms with Gasteiger partial charge in [-0.15, -0.1) is 0 Å². The minimum absolute atomic E-state index is 0.0629. The monoisotopic (exact) mass is 325 g/mol. The molecule has 0 radical (unpaired) electrons. The van der Waals surface area contributed by atoms with E-state index >= 15 is 0 Å². The molecule has 3 rings (SSSR count). The van der Waals surface area contributed by atoms with Crippen molar-refractivity contribution < 1.29 is 4.39 Å². The summed E-state index contributed by atoms with van der Waals surface area (Å²) in [5.74, 6) is -0.0629. The van der Waals surface area contributed by atoms with Crippen LogP contribution in [0.3, 0.4) is 0 Å². The van der Waals surface area contributed by atoms with Crippen LogP contribution in [0.25, 0.3) is 0 Å². The maximum Gasteiger partial charge on any atom is 0.127 e. The molecule has 3 heteroatoms. The highest BCUT2D eigenvalue weighted by molar-refractivity contribution is 9.10. The van der Waals surface area contributed by atoms with Gasteiger partial charge in [-0.1, -0.05) is 34.8 Å². The van der Waals surface area contributed by atoms with E-state index in [1.165, 1.54) is 38.5 Å². The summed E-state index contributed by atoms with van der Waals surface area (Å²) in [5.41, 5.74) is 1.17. The third-order valence-electron chi connectivity index (χ3n) is 4.59. The molecule has 0 spiro atoms. The fourth-order valence-corrected chi connectivity index (χ4v) is 3.59. The van der Waals surface area contributed by atoms with Crippen molar-refractivity contribution >= 4 is 15.9 Å². The Hall–Kier alpha value is -0.410. The lowest BCUT2D eigenvalue weighted by molar-refractivity contribution is 0.273. The summed E-state index contributed by atoms with van der Waals surface area (Å²) in [6.07, 6.45) is 8.59. The first-order chi connectivity index (χ1) is 9.17. The Labute approximate surface area is 123 Å². The van der Waals surface area contributed by atoms with E-state index in [-0.39, 0.29) is 11.2 Å². The van der Waals surface area contributed by atoms with Crippen LogP contribution in [0.2, 0.25) is 0 Å². The van der Waals surface area contributed by atoms with Gasteiger partial charge >= 0.3 is 0 Å². The lowest BCUT2D eigenvalue weighted by Gasteiger charge is -2.30. The van der Waals surface area contributed by atoms with E-state index in [1.54, 1.807) is 6.07 Å². The lowest BCUT2D eigenvalue weighted by atomic mass is 9.79. The molecule has 1 nitrogen and oxygen atoms in total. The molecule has 2 aliphatic carbocycles. The second kappa shape index (κ2) is 5.53. The fraction of sp³-hybridized carbons (Fsp3) is 0.625. The van der Waals surface area contributed by atoms with Crippen molar-refractivity contribution in [3.63, 3.8) is 0 Å². The molecule has 2 saturated carbocycles. The van der Waals surface area contributed by atoms with Crippen molar-refractivity contribution in [2.24, 2.45) is 5.41 Å². The van der Waals surface area contributed by atoms with Crippen molar-refractivity contribution in [2.45, 2.75) is 51.0 Å². The van der Waals surface area contributed by atoms with Gasteiger partial charge in [0.25, 0.3) is 0 Å². The third kappa shape index (κ3) is 3.38. The van der Waals surface area contributed by atoms with E-state index in [4.69, 9.17) is 0 Å². The van der Waals surface area contributed by atoms with Crippen molar-refractivity contribution in [2.75, 3.05) is 6.54 Å². The topological polar surface area (TPSA) is 12.0 Å². The van der Waals surface area contributed by atoms with E-state index in [1.807, 2.05) is 12.1 Å². The van der Waals surface area contributed by atoms with Gasteiger partial charge in [-0.05, 0) is 55.2 Å². The quantitative estimate of drug-likeness (QED) is 0.843. The molecule has 2 fully saturated rings. The normalized spacial score (nSPS) is 21.8. The molecule has 0 atom stereocenters. The predicted molar refractivity (Wildman–Crippen MR) is 79.7 cm³/mol. The lowest BCUT2D eigenvalue weighted by Crippen LogP contribution is -2.35. The van der Waals surface area contributed by atoms with Crippen molar-refractivity contribution in [1.82, 2.24) is 5.32 Å². The van der Waals surface area contributed by atoms with Crippen LogP contribution >= 0.6 is 15.9 Å². The minimum atomic E-state index is -0.0629. The van der Waals surface area contributed by atoms with Crippen LogP contribution in [0.4, 0.5) is 4.39 Å². The first-order valence-corrected chi connectivity index (χ1v) is 8.14. The Morgan fingerprint density at radius 3 is 2.63 bits per heavy atom. The molecule has 0 saturated heterocycles. The van der Waals surface area contributed by atoms with Crippen molar-refractivity contribution in [3.05, 3.63) is 34.1 Å². The number of nitrogens with one attached hydrogen (secondary N) is 1. The summed E-state index contributed by atoms with van der Waals surface area (Å²) < 4.78 is 14.9. The minimum Gasteiger partial charge on any atom is -0.313 e. The van der Waals surface area contributed by atoms with Crippen LogP contribution < -0.4 is 5.32 Å². The molecule has 1 aromatic carbocycles. The Bertz CT molecular complexity index is 450. The highest BCUT2D eigenvalue weighted by Crippen LogP contribution is 2.41. The molecular formula is C16H21BrFN. The second-order valence-electron chi connectivity index (χ2n) is 6.27. The molecule has 0 aliphatic heterocycles. The van der Waals surface area contributed by atoms with Crippen molar-refractivity contribution in [1.29, 1.82) is 0 Å². The molecule has 0 aromatic heterocycles. The van der Waals surface area contributed by atoms with Gasteiger partial charge in [0.15, 0.2) is 0 Å². The number of benzene rings is 1. The van der Waals surface area contributed by atoms with Gasteiger partial charge in [0.2, 0.25) is 0 Å². The molecule has 1 aromatic rings. The van der Waals surface area contributed by atoms with Gasteiger partial charge in [-0.3, -0.25) is 0 Å². The fourth-order valence-electron chi connectivity index (χ4n) is 3.26. The van der Waals surface area contributed by atoms with E-state index in [9.17, 15) is 4.39 Å². The molecule has 19 heavy (non-hydrogen) atoms. The van der Waals surface area contributed by atoms with Gasteiger partial charge in [0.1, 0.15) is 5.82 Å². The number of hydrogen-bond donors (Lipinski definition) is 1. The molecule has 0 bridgehead atoms. The van der Waals surface area contributed by atoms with Gasteiger partial charge in [-0.2, -0.15) is 0 Å². The highest BCUT2D eigenvalue weighted by atomic mass is 79.9. The predicted octanol–water partition coefficient (Wildman–Crippen LogP) is 4.44. The van der Waals surface area contributed by atoms with Gasteiger partial charge in [-0.25, -0.2) is 4.39 Å². The number of rotatable bonds is 5. The second-order valence-corrected chi connectivity index (χ2v) is 7.19. The Kier molecular flexibility index (Phi) is 3.95. The SMILES string of the molecule is Fc1cc(Br)ccc1CC1(CNC2CC2)CCCC1. The van der Waals surface area contributed by atoms with Gasteiger partial charge in [0.05, 0.1) is 0 Å². The Morgan fingerprint density at radius 2 is 2.00 bits per heavy atom. The average molecular weight is 326 g/mol. The smallest absolute Gasteiger partial charge is 0.127 e. The van der Waals surface area contributed by atoms with E-state index in [0.717, 1.165) is 29.0 Å². The summed E-state index contributed by atoms with van der Waals surface area (Å²) in [6, 6.07) is 6.23. The molecule has 0 heterocycles. The van der Waals surface area contributed by atoms with E-state index in [0.29, 0.717) is 0 Å². The molecule has 0 amide bonds. The molecular weight excluding hydrogens is 305 g/mol. The Balaban J connectivity index is 1.72. The highest BCUT2D eigenvalue weighted by Gasteiger charge is 2.36. The van der Waals surface area contributed by atoms with Crippen LogP contribution in [0.15, 0.2) is 22.7 Å². The summed E-state index contributed by atoms with van der Waals surface area (Å²) in [7, 11) is 0. The van der Waals surface area contributed by atoms with E-state index < -0.39 is 0 Å². The first-order valence-electron chi connectivity index (χ1n) is 7.34. The molecule has 2 aliphatic rings. The zero-order valence-corrected chi connectivity index (χ0v) is 12.8. The van der Waals surface area contributed by atoms with Crippen LogP contribution in [0.5, 0.6) is 0 Å². The molecule has 0 unspecified atom stereocenters. The van der Waals surface area contributed by atoms with Crippen molar-refractivity contribution in [3.8, 4) is 0 Å². The summed E-state index contributed by atoms with van der Waals surface area (Å²) in [5, 5.41) is 3.66. The standard InChI is InChI=1S/C16H21BrFN/c17-13-4-3-12(15(18)9-13)10-16(7-1-2-8-16)11-19-14-5-6-14/h3-4,9,14,19H,1-2,5-8,10-11H2. The number of hydrogen-bond acceptors (Lipinski definition) is 1. The van der Waals surface area contributed by atoms with E-state index in [2.05, 4.69) is 21.2 Å². The maximum atomic E-state index is 14.0. The summed E-state index contributed by atoms with van der Waals surface area (Å²) >= 11 is 3.33. The van der Waals surface area contributed by atoms with Crippen LogP contribution in [0.1, 0.15) is 44.1 Å². The third-order valence-corrected chi connectivity index (χ3v) is 5.08. The Morgan fingerprint density at radius 1 is 1.26 bits per heavy atom. The van der Waals surface area contributed by atoms with Gasteiger partial charge < -0.3 is 5.32 Å². The summed E-state index contributed by atoms with van der Waals surface area (Å²) in [6.45, 7) is 1.06. The number of halogens is 2. The maximum absolute atomic E-state index is 14.0.